The van der Waals surface area contributed by atoms with E-state index in [0.717, 1.165) is 18.7 Å². The Labute approximate surface area is 109 Å². The second-order valence-electron chi connectivity index (χ2n) is 5.56. The van der Waals surface area contributed by atoms with Crippen molar-refractivity contribution in [2.45, 2.75) is 58.7 Å². The molecule has 1 fully saturated rings. The van der Waals surface area contributed by atoms with Crippen molar-refractivity contribution < 1.29 is 4.74 Å². The minimum Gasteiger partial charge on any atom is -0.474 e. The van der Waals surface area contributed by atoms with Crippen molar-refractivity contribution in [2.75, 3.05) is 0 Å². The molecular formula is C14H23N3O. The zero-order chi connectivity index (χ0) is 13.0. The highest BCUT2D eigenvalue weighted by atomic mass is 16.5. The Morgan fingerprint density at radius 3 is 2.78 bits per heavy atom. The highest BCUT2D eigenvalue weighted by molar-refractivity contribution is 5.09. The van der Waals surface area contributed by atoms with Crippen LogP contribution in [0.2, 0.25) is 0 Å². The Bertz CT molecular complexity index is 377. The second kappa shape index (κ2) is 6.14. The van der Waals surface area contributed by atoms with E-state index in [1.54, 1.807) is 12.4 Å². The van der Waals surface area contributed by atoms with E-state index >= 15 is 0 Å². The standard InChI is InChI=1S/C14H23N3O/c1-10(2)6-11(3)18-14-9-15-7-13(17-14)8-16-12-4-5-12/h7,9-12,16H,4-6,8H2,1-3H3. The van der Waals surface area contributed by atoms with Crippen LogP contribution in [-0.2, 0) is 6.54 Å². The molecule has 0 spiro atoms. The molecule has 1 atom stereocenters. The van der Waals surface area contributed by atoms with Crippen molar-refractivity contribution in [1.29, 1.82) is 0 Å². The van der Waals surface area contributed by atoms with Crippen molar-refractivity contribution in [3.8, 4) is 5.88 Å². The fraction of sp³-hybridized carbons (Fsp3) is 0.714. The Hall–Kier alpha value is -1.16. The van der Waals surface area contributed by atoms with Crippen LogP contribution in [0, 0.1) is 5.92 Å². The molecular weight excluding hydrogens is 226 g/mol. The molecule has 1 unspecified atom stereocenters. The van der Waals surface area contributed by atoms with Gasteiger partial charge in [0.15, 0.2) is 0 Å². The minimum atomic E-state index is 0.186. The molecule has 4 nitrogen and oxygen atoms in total. The highest BCUT2D eigenvalue weighted by Gasteiger charge is 2.20. The van der Waals surface area contributed by atoms with E-state index in [1.807, 2.05) is 0 Å². The zero-order valence-corrected chi connectivity index (χ0v) is 11.5. The molecule has 0 radical (unpaired) electrons. The summed E-state index contributed by atoms with van der Waals surface area (Å²) in [5.41, 5.74) is 0.955. The lowest BCUT2D eigenvalue weighted by molar-refractivity contribution is 0.184. The minimum absolute atomic E-state index is 0.186. The van der Waals surface area contributed by atoms with E-state index in [-0.39, 0.29) is 6.10 Å². The van der Waals surface area contributed by atoms with Crippen LogP contribution in [0.15, 0.2) is 12.4 Å². The van der Waals surface area contributed by atoms with Crippen LogP contribution in [-0.4, -0.2) is 22.1 Å². The van der Waals surface area contributed by atoms with Gasteiger partial charge in [-0.1, -0.05) is 13.8 Å². The monoisotopic (exact) mass is 249 g/mol. The lowest BCUT2D eigenvalue weighted by Gasteiger charge is -2.15. The van der Waals surface area contributed by atoms with Crippen molar-refractivity contribution in [2.24, 2.45) is 5.92 Å². The first kappa shape index (κ1) is 13.3. The molecule has 0 saturated heterocycles. The largest absolute Gasteiger partial charge is 0.474 e. The Morgan fingerprint density at radius 1 is 1.33 bits per heavy atom. The topological polar surface area (TPSA) is 47.0 Å². The first-order valence-corrected chi connectivity index (χ1v) is 6.84. The fourth-order valence-electron chi connectivity index (χ4n) is 1.98. The Morgan fingerprint density at radius 2 is 2.11 bits per heavy atom. The summed E-state index contributed by atoms with van der Waals surface area (Å²) in [5.74, 6) is 1.27. The van der Waals surface area contributed by atoms with Gasteiger partial charge >= 0.3 is 0 Å². The quantitative estimate of drug-likeness (QED) is 0.806. The van der Waals surface area contributed by atoms with Crippen LogP contribution in [0.5, 0.6) is 5.88 Å². The first-order chi connectivity index (χ1) is 8.63. The smallest absolute Gasteiger partial charge is 0.232 e. The van der Waals surface area contributed by atoms with Crippen LogP contribution >= 0.6 is 0 Å². The van der Waals surface area contributed by atoms with Crippen LogP contribution in [0.3, 0.4) is 0 Å². The van der Waals surface area contributed by atoms with Crippen LogP contribution < -0.4 is 10.1 Å². The number of rotatable bonds is 7. The summed E-state index contributed by atoms with van der Waals surface area (Å²) in [5, 5.41) is 3.43. The van der Waals surface area contributed by atoms with E-state index in [0.29, 0.717) is 17.8 Å². The van der Waals surface area contributed by atoms with Crippen molar-refractivity contribution in [1.82, 2.24) is 15.3 Å². The molecule has 2 rings (SSSR count). The third kappa shape index (κ3) is 4.61. The van der Waals surface area contributed by atoms with Gasteiger partial charge in [-0.2, -0.15) is 0 Å². The summed E-state index contributed by atoms with van der Waals surface area (Å²) in [6.45, 7) is 7.26. The first-order valence-electron chi connectivity index (χ1n) is 6.84. The maximum atomic E-state index is 5.79. The molecule has 1 saturated carbocycles. The predicted octanol–water partition coefficient (Wildman–Crippen LogP) is 2.54. The normalized spacial score (nSPS) is 16.9. The summed E-state index contributed by atoms with van der Waals surface area (Å²) in [4.78, 5) is 8.66. The summed E-state index contributed by atoms with van der Waals surface area (Å²) in [7, 11) is 0. The van der Waals surface area contributed by atoms with Crippen LogP contribution in [0.1, 0.15) is 45.7 Å². The average Bonchev–Trinajstić information content (AvgIpc) is 3.09. The zero-order valence-electron chi connectivity index (χ0n) is 11.5. The number of nitrogens with one attached hydrogen (secondary N) is 1. The van der Waals surface area contributed by atoms with Gasteiger partial charge in [0.05, 0.1) is 18.0 Å². The van der Waals surface area contributed by atoms with Gasteiger partial charge in [0.1, 0.15) is 0 Å². The maximum Gasteiger partial charge on any atom is 0.232 e. The number of ether oxygens (including phenoxy) is 1. The predicted molar refractivity (Wildman–Crippen MR) is 71.4 cm³/mol. The summed E-state index contributed by atoms with van der Waals surface area (Å²) < 4.78 is 5.79. The second-order valence-corrected chi connectivity index (χ2v) is 5.56. The Balaban J connectivity index is 1.85. The molecule has 0 aromatic carbocycles. The van der Waals surface area contributed by atoms with E-state index in [9.17, 15) is 0 Å². The molecule has 100 valence electrons. The van der Waals surface area contributed by atoms with Gasteiger partial charge in [0.25, 0.3) is 0 Å². The van der Waals surface area contributed by atoms with Crippen molar-refractivity contribution >= 4 is 0 Å². The maximum absolute atomic E-state index is 5.79. The number of nitrogens with zero attached hydrogens (tertiary/aromatic N) is 2. The summed E-state index contributed by atoms with van der Waals surface area (Å²) in [6.07, 6.45) is 7.29. The molecule has 0 aliphatic heterocycles. The molecule has 1 aliphatic carbocycles. The van der Waals surface area contributed by atoms with Gasteiger partial charge in [-0.15, -0.1) is 0 Å². The van der Waals surface area contributed by atoms with Gasteiger partial charge < -0.3 is 10.1 Å². The highest BCUT2D eigenvalue weighted by Crippen LogP contribution is 2.19. The van der Waals surface area contributed by atoms with Crippen molar-refractivity contribution in [3.63, 3.8) is 0 Å². The van der Waals surface area contributed by atoms with Crippen LogP contribution in [0.25, 0.3) is 0 Å². The van der Waals surface area contributed by atoms with Gasteiger partial charge in [0.2, 0.25) is 5.88 Å². The molecule has 1 N–H and O–H groups in total. The molecule has 1 aliphatic rings. The molecule has 18 heavy (non-hydrogen) atoms. The van der Waals surface area contributed by atoms with E-state index in [4.69, 9.17) is 4.74 Å². The SMILES string of the molecule is CC(C)CC(C)Oc1cncc(CNC2CC2)n1. The number of hydrogen-bond acceptors (Lipinski definition) is 4. The van der Waals surface area contributed by atoms with E-state index in [1.165, 1.54) is 12.8 Å². The molecule has 4 heteroatoms. The Kier molecular flexibility index (Phi) is 4.53. The lowest BCUT2D eigenvalue weighted by Crippen LogP contribution is -2.18. The molecule has 1 aromatic heterocycles. The van der Waals surface area contributed by atoms with Gasteiger partial charge in [0, 0.05) is 18.8 Å². The lowest BCUT2D eigenvalue weighted by atomic mass is 10.1. The van der Waals surface area contributed by atoms with Gasteiger partial charge in [-0.3, -0.25) is 4.98 Å². The third-order valence-electron chi connectivity index (χ3n) is 2.94. The average molecular weight is 249 g/mol. The van der Waals surface area contributed by atoms with E-state index < -0.39 is 0 Å². The molecule has 0 amide bonds. The summed E-state index contributed by atoms with van der Waals surface area (Å²) >= 11 is 0. The van der Waals surface area contributed by atoms with Crippen LogP contribution in [0.4, 0.5) is 0 Å². The summed E-state index contributed by atoms with van der Waals surface area (Å²) in [6, 6.07) is 0.691. The third-order valence-corrected chi connectivity index (χ3v) is 2.94. The number of hydrogen-bond donors (Lipinski definition) is 1. The number of aromatic nitrogens is 2. The fourth-order valence-corrected chi connectivity index (χ4v) is 1.98. The van der Waals surface area contributed by atoms with E-state index in [2.05, 4.69) is 36.1 Å². The molecule has 1 heterocycles. The van der Waals surface area contributed by atoms with Gasteiger partial charge in [-0.25, -0.2) is 4.98 Å². The van der Waals surface area contributed by atoms with Gasteiger partial charge in [-0.05, 0) is 32.1 Å². The molecule has 0 bridgehead atoms. The van der Waals surface area contributed by atoms with Crippen molar-refractivity contribution in [3.05, 3.63) is 18.1 Å². The molecule has 1 aromatic rings.